The van der Waals surface area contributed by atoms with Crippen LogP contribution in [0.25, 0.3) is 10.9 Å². The van der Waals surface area contributed by atoms with Crippen LogP contribution in [0.5, 0.6) is 11.5 Å². The Bertz CT molecular complexity index is 1270. The molecule has 0 saturated carbocycles. The summed E-state index contributed by atoms with van der Waals surface area (Å²) in [5.41, 5.74) is 0.870. The number of nitrogens with zero attached hydrogens (tertiary/aromatic N) is 4. The van der Waals surface area contributed by atoms with Gasteiger partial charge in [0.15, 0.2) is 17.3 Å². The van der Waals surface area contributed by atoms with Crippen LogP contribution in [0.3, 0.4) is 0 Å². The third kappa shape index (κ3) is 6.40. The number of hydrogen-bond acceptors (Lipinski definition) is 7. The zero-order valence-electron chi connectivity index (χ0n) is 21.7. The minimum Gasteiger partial charge on any atom is -0.493 e. The maximum atomic E-state index is 14.7. The smallest absolute Gasteiger partial charge is 0.236 e. The number of aryl methyl sites for hydroxylation is 1. The number of hydrogen-bond donors (Lipinski definition) is 1. The van der Waals surface area contributed by atoms with Gasteiger partial charge in [-0.3, -0.25) is 4.79 Å². The van der Waals surface area contributed by atoms with Crippen LogP contribution in [0.1, 0.15) is 32.0 Å². The summed E-state index contributed by atoms with van der Waals surface area (Å²) in [5, 5.41) is 3.78. The van der Waals surface area contributed by atoms with Crippen LogP contribution in [0.4, 0.5) is 15.9 Å². The molecule has 37 heavy (non-hydrogen) atoms. The van der Waals surface area contributed by atoms with Crippen molar-refractivity contribution in [3.05, 3.63) is 47.0 Å². The average Bonchev–Trinajstić information content (AvgIpc) is 2.86. The van der Waals surface area contributed by atoms with Crippen molar-refractivity contribution in [1.29, 1.82) is 0 Å². The Morgan fingerprint density at radius 2 is 2.08 bits per heavy atom. The van der Waals surface area contributed by atoms with Crippen molar-refractivity contribution in [3.63, 3.8) is 0 Å². The lowest BCUT2D eigenvalue weighted by Gasteiger charge is -2.33. The fourth-order valence-electron chi connectivity index (χ4n) is 4.41. The second kappa shape index (κ2) is 11.9. The molecule has 1 N–H and O–H groups in total. The summed E-state index contributed by atoms with van der Waals surface area (Å²) in [5.74, 6) is 1.67. The fourth-order valence-corrected chi connectivity index (χ4v) is 4.58. The Balaban J connectivity index is 1.69. The van der Waals surface area contributed by atoms with Crippen molar-refractivity contribution in [2.45, 2.75) is 38.7 Å². The third-order valence-corrected chi connectivity index (χ3v) is 6.47. The van der Waals surface area contributed by atoms with Gasteiger partial charge in [-0.1, -0.05) is 24.6 Å². The molecule has 1 aliphatic heterocycles. The van der Waals surface area contributed by atoms with E-state index in [-0.39, 0.29) is 22.7 Å². The van der Waals surface area contributed by atoms with Crippen LogP contribution in [-0.4, -0.2) is 72.6 Å². The number of benzene rings is 2. The number of fused-ring (bicyclic) bond motifs is 1. The van der Waals surface area contributed by atoms with Crippen molar-refractivity contribution in [2.75, 3.05) is 46.2 Å². The number of halogens is 2. The van der Waals surface area contributed by atoms with Gasteiger partial charge in [0.2, 0.25) is 5.91 Å². The first kappa shape index (κ1) is 26.9. The SMILES string of the molecule is CCCc1nc(Nc2cccc(Cl)c2F)c2cc(OC3CCCN(C(=O)CN(C)C)C3)c(OC)cc2n1. The number of methoxy groups -OCH3 is 1. The highest BCUT2D eigenvalue weighted by atomic mass is 35.5. The number of nitrogens with one attached hydrogen (secondary N) is 1. The molecule has 1 aromatic heterocycles. The standard InChI is InChI=1S/C27H33ClFN5O3/c1-5-8-24-30-21-14-22(36-4)23(37-17-9-7-12-34(15-17)25(35)16-33(2)3)13-18(21)27(32-24)31-20-11-6-10-19(28)26(20)29/h6,10-11,13-14,17H,5,7-9,12,15-16H2,1-4H3,(H,30,31,32). The lowest BCUT2D eigenvalue weighted by Crippen LogP contribution is -2.47. The molecule has 1 amide bonds. The van der Waals surface area contributed by atoms with Gasteiger partial charge in [-0.05, 0) is 51.6 Å². The summed E-state index contributed by atoms with van der Waals surface area (Å²) >= 11 is 6.00. The minimum absolute atomic E-state index is 0.0218. The van der Waals surface area contributed by atoms with Crippen LogP contribution in [0.15, 0.2) is 30.3 Å². The normalized spacial score (nSPS) is 15.8. The van der Waals surface area contributed by atoms with E-state index in [0.29, 0.717) is 60.1 Å². The Morgan fingerprint density at radius 3 is 2.81 bits per heavy atom. The third-order valence-electron chi connectivity index (χ3n) is 6.18. The maximum Gasteiger partial charge on any atom is 0.236 e. The van der Waals surface area contributed by atoms with Crippen molar-refractivity contribution in [1.82, 2.24) is 19.8 Å². The summed E-state index contributed by atoms with van der Waals surface area (Å²) in [4.78, 5) is 25.7. The molecule has 1 unspecified atom stereocenters. The molecular formula is C27H33ClFN5O3. The molecule has 0 radical (unpaired) electrons. The first-order valence-corrected chi connectivity index (χ1v) is 12.9. The molecule has 198 valence electrons. The summed E-state index contributed by atoms with van der Waals surface area (Å²) < 4.78 is 26.7. The van der Waals surface area contributed by atoms with E-state index in [2.05, 4.69) is 10.3 Å². The molecular weight excluding hydrogens is 497 g/mol. The molecule has 0 bridgehead atoms. The predicted molar refractivity (Wildman–Crippen MR) is 144 cm³/mol. The van der Waals surface area contributed by atoms with Gasteiger partial charge < -0.3 is 24.6 Å². The number of ether oxygens (including phenoxy) is 2. The number of piperidine rings is 1. The molecule has 3 aromatic rings. The number of rotatable bonds is 9. The van der Waals surface area contributed by atoms with Crippen molar-refractivity contribution in [3.8, 4) is 11.5 Å². The fraction of sp³-hybridized carbons (Fsp3) is 0.444. The molecule has 10 heteroatoms. The number of aromatic nitrogens is 2. The predicted octanol–water partition coefficient (Wildman–Crippen LogP) is 5.06. The molecule has 2 aromatic carbocycles. The number of anilines is 2. The highest BCUT2D eigenvalue weighted by molar-refractivity contribution is 6.31. The van der Waals surface area contributed by atoms with Gasteiger partial charge in [0.05, 0.1) is 36.4 Å². The largest absolute Gasteiger partial charge is 0.493 e. The zero-order chi connectivity index (χ0) is 26.5. The van der Waals surface area contributed by atoms with Gasteiger partial charge in [-0.2, -0.15) is 0 Å². The summed E-state index contributed by atoms with van der Waals surface area (Å²) in [7, 11) is 5.34. The van der Waals surface area contributed by atoms with Gasteiger partial charge in [0.1, 0.15) is 17.7 Å². The summed E-state index contributed by atoms with van der Waals surface area (Å²) in [6, 6.07) is 8.40. The zero-order valence-corrected chi connectivity index (χ0v) is 22.4. The molecule has 0 spiro atoms. The van der Waals surface area contributed by atoms with Gasteiger partial charge in [0, 0.05) is 24.4 Å². The van der Waals surface area contributed by atoms with Gasteiger partial charge in [-0.15, -0.1) is 0 Å². The molecule has 1 atom stereocenters. The molecule has 2 heterocycles. The number of likely N-dealkylation sites (tertiary alicyclic amines) is 1. The van der Waals surface area contributed by atoms with Crippen molar-refractivity contribution >= 4 is 39.9 Å². The molecule has 4 rings (SSSR count). The van der Waals surface area contributed by atoms with E-state index in [4.69, 9.17) is 26.1 Å². The minimum atomic E-state index is -0.553. The lowest BCUT2D eigenvalue weighted by atomic mass is 10.1. The molecule has 1 fully saturated rings. The number of amides is 1. The number of likely N-dealkylation sites (N-methyl/N-ethyl adjacent to an activating group) is 1. The first-order chi connectivity index (χ1) is 17.8. The average molecular weight is 530 g/mol. The van der Waals surface area contributed by atoms with E-state index in [9.17, 15) is 9.18 Å². The summed E-state index contributed by atoms with van der Waals surface area (Å²) in [6.45, 7) is 3.62. The number of carbonyl (C=O) groups is 1. The van der Waals surface area contributed by atoms with Crippen molar-refractivity contribution < 1.29 is 18.7 Å². The van der Waals surface area contributed by atoms with E-state index in [1.165, 1.54) is 6.07 Å². The topological polar surface area (TPSA) is 79.8 Å². The van der Waals surface area contributed by atoms with Crippen LogP contribution in [0, 0.1) is 5.82 Å². The van der Waals surface area contributed by atoms with E-state index in [1.54, 1.807) is 19.2 Å². The monoisotopic (exact) mass is 529 g/mol. The van der Waals surface area contributed by atoms with Gasteiger partial charge in [0.25, 0.3) is 0 Å². The second-order valence-electron chi connectivity index (χ2n) is 9.44. The maximum absolute atomic E-state index is 14.7. The molecule has 0 aliphatic carbocycles. The van der Waals surface area contributed by atoms with E-state index < -0.39 is 5.82 Å². The second-order valence-corrected chi connectivity index (χ2v) is 9.85. The number of carbonyl (C=O) groups excluding carboxylic acids is 1. The lowest BCUT2D eigenvalue weighted by molar-refractivity contribution is -0.134. The Morgan fingerprint density at radius 1 is 1.27 bits per heavy atom. The first-order valence-electron chi connectivity index (χ1n) is 12.5. The Kier molecular flexibility index (Phi) is 8.66. The Labute approximate surface area is 221 Å². The van der Waals surface area contributed by atoms with Crippen molar-refractivity contribution in [2.24, 2.45) is 0 Å². The molecule has 1 aliphatic rings. The van der Waals surface area contributed by atoms with Gasteiger partial charge in [-0.25, -0.2) is 14.4 Å². The van der Waals surface area contributed by atoms with Crippen LogP contribution in [-0.2, 0) is 11.2 Å². The van der Waals surface area contributed by atoms with E-state index in [0.717, 1.165) is 19.3 Å². The van der Waals surface area contributed by atoms with Crippen LogP contribution < -0.4 is 14.8 Å². The highest BCUT2D eigenvalue weighted by Gasteiger charge is 2.26. The van der Waals surface area contributed by atoms with Gasteiger partial charge >= 0.3 is 0 Å². The summed E-state index contributed by atoms with van der Waals surface area (Å²) in [6.07, 6.45) is 3.01. The van der Waals surface area contributed by atoms with E-state index in [1.807, 2.05) is 43.0 Å². The van der Waals surface area contributed by atoms with E-state index >= 15 is 0 Å². The molecule has 8 nitrogen and oxygen atoms in total. The Hall–Kier alpha value is -3.17. The highest BCUT2D eigenvalue weighted by Crippen LogP contribution is 2.37. The van der Waals surface area contributed by atoms with Crippen LogP contribution in [0.2, 0.25) is 5.02 Å². The quantitative estimate of drug-likeness (QED) is 0.415. The molecule has 1 saturated heterocycles. The van der Waals surface area contributed by atoms with Crippen LogP contribution >= 0.6 is 11.6 Å².